The average molecular weight is 181 g/mol. The second-order valence-electron chi connectivity index (χ2n) is 3.86. The van der Waals surface area contributed by atoms with Crippen LogP contribution in [-0.4, -0.2) is 5.91 Å². The normalized spacial score (nSPS) is 20.0. The van der Waals surface area contributed by atoms with Crippen LogP contribution in [0.2, 0.25) is 0 Å². The van der Waals surface area contributed by atoms with Gasteiger partial charge in [-0.15, -0.1) is 0 Å². The highest BCUT2D eigenvalue weighted by Gasteiger charge is 2.36. The maximum absolute atomic E-state index is 11.7. The first-order valence-corrected chi connectivity index (χ1v) is 5.21. The van der Waals surface area contributed by atoms with Gasteiger partial charge in [-0.05, 0) is 25.5 Å². The summed E-state index contributed by atoms with van der Waals surface area (Å²) in [4.78, 5) is 11.7. The van der Waals surface area contributed by atoms with Crippen molar-refractivity contribution in [2.45, 2.75) is 46.0 Å². The summed E-state index contributed by atoms with van der Waals surface area (Å²) in [6.45, 7) is 4.28. The zero-order valence-corrected chi connectivity index (χ0v) is 8.60. The molecule has 0 aromatic carbocycles. The molecule has 0 unspecified atom stereocenters. The molecule has 74 valence electrons. The Morgan fingerprint density at radius 1 is 1.38 bits per heavy atom. The number of nitrogens with one attached hydrogen (secondary N) is 1. The molecule has 0 aromatic rings. The van der Waals surface area contributed by atoms with E-state index in [0.29, 0.717) is 0 Å². The minimum absolute atomic E-state index is 0.0990. The van der Waals surface area contributed by atoms with Crippen molar-refractivity contribution in [1.82, 2.24) is 5.32 Å². The first-order valence-electron chi connectivity index (χ1n) is 5.21. The van der Waals surface area contributed by atoms with Crippen LogP contribution >= 0.6 is 0 Å². The lowest BCUT2D eigenvalue weighted by atomic mass is 9.74. The van der Waals surface area contributed by atoms with Gasteiger partial charge in [0.15, 0.2) is 0 Å². The highest BCUT2D eigenvalue weighted by atomic mass is 16.2. The lowest BCUT2D eigenvalue weighted by Crippen LogP contribution is -2.40. The molecule has 2 heteroatoms. The smallest absolute Gasteiger partial charge is 0.230 e. The number of rotatable bonds is 4. The van der Waals surface area contributed by atoms with E-state index in [0.717, 1.165) is 32.1 Å². The van der Waals surface area contributed by atoms with Gasteiger partial charge in [0, 0.05) is 0 Å². The van der Waals surface area contributed by atoms with Crippen molar-refractivity contribution in [3.8, 4) is 0 Å². The molecule has 0 bridgehead atoms. The van der Waals surface area contributed by atoms with Crippen molar-refractivity contribution in [1.29, 1.82) is 0 Å². The van der Waals surface area contributed by atoms with E-state index in [4.69, 9.17) is 0 Å². The Balaban J connectivity index is 2.74. The van der Waals surface area contributed by atoms with E-state index in [1.54, 1.807) is 6.20 Å². The van der Waals surface area contributed by atoms with E-state index in [2.05, 4.69) is 25.2 Å². The molecule has 2 nitrogen and oxygen atoms in total. The van der Waals surface area contributed by atoms with Gasteiger partial charge in [0.25, 0.3) is 0 Å². The van der Waals surface area contributed by atoms with E-state index in [9.17, 15) is 4.79 Å². The fourth-order valence-corrected chi connectivity index (χ4v) is 2.18. The Morgan fingerprint density at radius 2 is 2.00 bits per heavy atom. The lowest BCUT2D eigenvalue weighted by molar-refractivity contribution is -0.131. The van der Waals surface area contributed by atoms with E-state index in [-0.39, 0.29) is 11.3 Å². The molecule has 0 radical (unpaired) electrons. The van der Waals surface area contributed by atoms with Crippen molar-refractivity contribution >= 4 is 5.91 Å². The first-order chi connectivity index (χ1) is 6.25. The number of allylic oxidation sites excluding steroid dienone is 1. The highest BCUT2D eigenvalue weighted by Crippen LogP contribution is 2.35. The van der Waals surface area contributed by atoms with Crippen LogP contribution < -0.4 is 5.32 Å². The summed E-state index contributed by atoms with van der Waals surface area (Å²) in [6, 6.07) is 0. The van der Waals surface area contributed by atoms with Gasteiger partial charge in [0.05, 0.1) is 5.41 Å². The van der Waals surface area contributed by atoms with Gasteiger partial charge in [-0.25, -0.2) is 0 Å². The molecule has 1 heterocycles. The molecular formula is C11H19NO. The number of carbonyl (C=O) groups excluding carboxylic acids is 1. The summed E-state index contributed by atoms with van der Waals surface area (Å²) in [7, 11) is 0. The number of hydrogen-bond donors (Lipinski definition) is 1. The molecule has 0 spiro atoms. The number of amides is 1. The predicted octanol–water partition coefficient (Wildman–Crippen LogP) is 2.61. The third kappa shape index (κ3) is 2.11. The summed E-state index contributed by atoms with van der Waals surface area (Å²) < 4.78 is 0. The standard InChI is InChI=1S/C11H19NO/c1-3-6-11(7-4-2)8-5-9-12-10(11)13/h5,9H,3-4,6-8H2,1-2H3,(H,12,13). The van der Waals surface area contributed by atoms with Crippen molar-refractivity contribution in [2.24, 2.45) is 5.41 Å². The maximum atomic E-state index is 11.7. The average Bonchev–Trinajstić information content (AvgIpc) is 2.11. The van der Waals surface area contributed by atoms with Crippen molar-refractivity contribution in [3.05, 3.63) is 12.3 Å². The van der Waals surface area contributed by atoms with Crippen LogP contribution in [0.15, 0.2) is 12.3 Å². The largest absolute Gasteiger partial charge is 0.333 e. The summed E-state index contributed by atoms with van der Waals surface area (Å²) >= 11 is 0. The first kappa shape index (κ1) is 10.3. The summed E-state index contributed by atoms with van der Waals surface area (Å²) in [5, 5.41) is 2.82. The Morgan fingerprint density at radius 3 is 2.46 bits per heavy atom. The third-order valence-electron chi connectivity index (χ3n) is 2.78. The third-order valence-corrected chi connectivity index (χ3v) is 2.78. The number of hydrogen-bond acceptors (Lipinski definition) is 1. The molecule has 1 N–H and O–H groups in total. The Hall–Kier alpha value is -0.790. The predicted molar refractivity (Wildman–Crippen MR) is 54.1 cm³/mol. The van der Waals surface area contributed by atoms with Gasteiger partial charge in [0.1, 0.15) is 0 Å². The molecule has 0 aromatic heterocycles. The van der Waals surface area contributed by atoms with Crippen LogP contribution in [0.4, 0.5) is 0 Å². The zero-order chi connectivity index (χ0) is 9.73. The highest BCUT2D eigenvalue weighted by molar-refractivity contribution is 5.84. The zero-order valence-electron chi connectivity index (χ0n) is 8.60. The van der Waals surface area contributed by atoms with Gasteiger partial charge in [0.2, 0.25) is 5.91 Å². The fourth-order valence-electron chi connectivity index (χ4n) is 2.18. The van der Waals surface area contributed by atoms with Crippen LogP contribution in [0.3, 0.4) is 0 Å². The molecule has 1 rings (SSSR count). The van der Waals surface area contributed by atoms with Crippen molar-refractivity contribution in [2.75, 3.05) is 0 Å². The molecule has 0 saturated carbocycles. The topological polar surface area (TPSA) is 29.1 Å². The molecule has 0 atom stereocenters. The SMILES string of the molecule is CCCC1(CCC)CC=CNC1=O. The molecule has 1 aliphatic heterocycles. The summed E-state index contributed by atoms with van der Waals surface area (Å²) in [5.41, 5.74) is -0.0990. The molecule has 1 amide bonds. The Labute approximate surface area is 80.4 Å². The second-order valence-corrected chi connectivity index (χ2v) is 3.86. The van der Waals surface area contributed by atoms with Gasteiger partial charge in [-0.3, -0.25) is 4.79 Å². The van der Waals surface area contributed by atoms with Crippen LogP contribution in [0.5, 0.6) is 0 Å². The van der Waals surface area contributed by atoms with Gasteiger partial charge in [-0.2, -0.15) is 0 Å². The minimum atomic E-state index is -0.0990. The molecule has 13 heavy (non-hydrogen) atoms. The van der Waals surface area contributed by atoms with E-state index >= 15 is 0 Å². The molecule has 0 saturated heterocycles. The monoisotopic (exact) mass is 181 g/mol. The molecule has 0 fully saturated rings. The van der Waals surface area contributed by atoms with Gasteiger partial charge in [-0.1, -0.05) is 32.8 Å². The molecule has 1 aliphatic rings. The Kier molecular flexibility index (Phi) is 3.52. The van der Waals surface area contributed by atoms with Gasteiger partial charge >= 0.3 is 0 Å². The summed E-state index contributed by atoms with van der Waals surface area (Å²) in [5.74, 6) is 0.221. The van der Waals surface area contributed by atoms with E-state index < -0.39 is 0 Å². The number of carbonyl (C=O) groups is 1. The molecular weight excluding hydrogens is 162 g/mol. The van der Waals surface area contributed by atoms with E-state index in [1.807, 2.05) is 0 Å². The minimum Gasteiger partial charge on any atom is -0.333 e. The van der Waals surface area contributed by atoms with Crippen LogP contribution in [0.1, 0.15) is 46.0 Å². The fraction of sp³-hybridized carbons (Fsp3) is 0.727. The second kappa shape index (κ2) is 4.45. The Bertz CT molecular complexity index is 202. The maximum Gasteiger partial charge on any atom is 0.230 e. The quantitative estimate of drug-likeness (QED) is 0.709. The van der Waals surface area contributed by atoms with Crippen molar-refractivity contribution < 1.29 is 4.79 Å². The van der Waals surface area contributed by atoms with E-state index in [1.165, 1.54) is 0 Å². The van der Waals surface area contributed by atoms with Gasteiger partial charge < -0.3 is 5.32 Å². The lowest BCUT2D eigenvalue weighted by Gasteiger charge is -2.32. The van der Waals surface area contributed by atoms with Crippen molar-refractivity contribution in [3.63, 3.8) is 0 Å². The summed E-state index contributed by atoms with van der Waals surface area (Å²) in [6.07, 6.45) is 8.95. The molecule has 0 aliphatic carbocycles. The van der Waals surface area contributed by atoms with Crippen LogP contribution in [0.25, 0.3) is 0 Å². The van der Waals surface area contributed by atoms with Crippen LogP contribution in [0, 0.1) is 5.41 Å². The van der Waals surface area contributed by atoms with Crippen LogP contribution in [-0.2, 0) is 4.79 Å².